The molecular weight excluding hydrogens is 380 g/mol. The summed E-state index contributed by atoms with van der Waals surface area (Å²) < 4.78 is 19.1. The van der Waals surface area contributed by atoms with E-state index in [1.54, 1.807) is 42.6 Å². The van der Waals surface area contributed by atoms with Crippen LogP contribution in [0.25, 0.3) is 0 Å². The van der Waals surface area contributed by atoms with Crippen molar-refractivity contribution in [2.24, 2.45) is 0 Å². The van der Waals surface area contributed by atoms with Crippen LogP contribution >= 0.6 is 22.6 Å². The molecule has 0 saturated carbocycles. The van der Waals surface area contributed by atoms with Crippen LogP contribution in [0.2, 0.25) is 0 Å². The molecule has 1 unspecified atom stereocenters. The molecule has 6 nitrogen and oxygen atoms in total. The van der Waals surface area contributed by atoms with E-state index in [9.17, 15) is 14.5 Å². The zero-order chi connectivity index (χ0) is 14.9. The number of benzene rings is 1. The molecule has 0 aliphatic carbocycles. The van der Waals surface area contributed by atoms with Gasteiger partial charge in [-0.2, -0.15) is 0 Å². The van der Waals surface area contributed by atoms with E-state index in [1.807, 2.05) is 0 Å². The fraction of sp³-hybridized carbons (Fsp3) is 0.250. The number of nitro groups is 1. The van der Waals surface area contributed by atoms with Crippen molar-refractivity contribution in [1.82, 2.24) is 4.98 Å². The molecule has 1 aromatic heterocycles. The Morgan fingerprint density at radius 3 is 2.80 bits per heavy atom. The van der Waals surface area contributed by atoms with E-state index in [0.29, 0.717) is 11.7 Å². The summed E-state index contributed by atoms with van der Waals surface area (Å²) in [5, 5.41) is 13.9. The molecule has 0 bridgehead atoms. The first-order chi connectivity index (χ1) is 9.38. The zero-order valence-corrected chi connectivity index (χ0v) is 12.8. The topological polar surface area (TPSA) is 81.2 Å². The number of hydrogen-bond acceptors (Lipinski definition) is 5. The summed E-state index contributed by atoms with van der Waals surface area (Å²) in [7, 11) is 0. The van der Waals surface area contributed by atoms with Crippen LogP contribution in [0.3, 0.4) is 0 Å². The highest BCUT2D eigenvalue weighted by molar-refractivity contribution is 14.1. The molecule has 1 atom stereocenters. The van der Waals surface area contributed by atoms with Gasteiger partial charge in [0.15, 0.2) is 0 Å². The van der Waals surface area contributed by atoms with Crippen molar-refractivity contribution in [3.8, 4) is 0 Å². The summed E-state index contributed by atoms with van der Waals surface area (Å²) in [4.78, 5) is 14.5. The summed E-state index contributed by atoms with van der Waals surface area (Å²) in [6, 6.07) is 1.87. The van der Waals surface area contributed by atoms with Crippen LogP contribution in [-0.4, -0.2) is 9.91 Å². The average Bonchev–Trinajstić information content (AvgIpc) is 2.80. The number of anilines is 1. The minimum absolute atomic E-state index is 0.0938. The average molecular weight is 391 g/mol. The first kappa shape index (κ1) is 14.7. The van der Waals surface area contributed by atoms with Gasteiger partial charge in [0.1, 0.15) is 23.3 Å². The summed E-state index contributed by atoms with van der Waals surface area (Å²) in [6.07, 6.45) is 1.55. The molecule has 0 amide bonds. The Labute approximate surface area is 127 Å². The molecule has 2 rings (SSSR count). The molecule has 1 heterocycles. The maximum absolute atomic E-state index is 13.6. The first-order valence-corrected chi connectivity index (χ1v) is 6.78. The fourth-order valence-corrected chi connectivity index (χ4v) is 2.12. The van der Waals surface area contributed by atoms with Crippen LogP contribution in [-0.2, 0) is 0 Å². The highest BCUT2D eigenvalue weighted by atomic mass is 127. The van der Waals surface area contributed by atoms with Crippen molar-refractivity contribution >= 4 is 34.0 Å². The van der Waals surface area contributed by atoms with E-state index < -0.39 is 16.8 Å². The molecule has 8 heteroatoms. The number of nitrogens with one attached hydrogen (secondary N) is 1. The van der Waals surface area contributed by atoms with E-state index in [1.165, 1.54) is 6.07 Å². The van der Waals surface area contributed by atoms with E-state index >= 15 is 0 Å². The molecule has 0 radical (unpaired) electrons. The Balaban J connectivity index is 2.33. The number of nitro benzene ring substituents is 1. The van der Waals surface area contributed by atoms with Gasteiger partial charge in [-0.05, 0) is 36.4 Å². The number of oxazole rings is 1. The Hall–Kier alpha value is -1.71. The number of nitrogens with zero attached hydrogens (tertiary/aromatic N) is 2. The summed E-state index contributed by atoms with van der Waals surface area (Å²) in [6.45, 7) is 3.47. The smallest absolute Gasteiger partial charge is 0.293 e. The van der Waals surface area contributed by atoms with Gasteiger partial charge in [0.2, 0.25) is 5.89 Å². The van der Waals surface area contributed by atoms with Crippen LogP contribution in [0, 0.1) is 26.4 Å². The monoisotopic (exact) mass is 391 g/mol. The standard InChI is InChI=1S/C12H11FIN3O3/c1-6-5-15-12(20-6)7(2)16-10-3-8(13)9(14)4-11(10)17(18)19/h3-5,7,16H,1-2H3. The van der Waals surface area contributed by atoms with E-state index in [0.717, 1.165) is 6.07 Å². The SMILES string of the molecule is Cc1cnc(C(C)Nc2cc(F)c(I)cc2[N+](=O)[O-])o1. The molecule has 0 aliphatic rings. The molecule has 20 heavy (non-hydrogen) atoms. The van der Waals surface area contributed by atoms with E-state index in [4.69, 9.17) is 4.42 Å². The predicted molar refractivity (Wildman–Crippen MR) is 79.0 cm³/mol. The number of hydrogen-bond donors (Lipinski definition) is 1. The van der Waals surface area contributed by atoms with Crippen LogP contribution in [0.15, 0.2) is 22.7 Å². The highest BCUT2D eigenvalue weighted by Gasteiger charge is 2.21. The van der Waals surface area contributed by atoms with Crippen molar-refractivity contribution < 1.29 is 13.7 Å². The maximum Gasteiger partial charge on any atom is 0.293 e. The van der Waals surface area contributed by atoms with Crippen molar-refractivity contribution in [2.75, 3.05) is 5.32 Å². The lowest BCUT2D eigenvalue weighted by atomic mass is 10.2. The molecule has 0 aliphatic heterocycles. The second-order valence-corrected chi connectivity index (χ2v) is 5.38. The number of halogens is 2. The van der Waals surface area contributed by atoms with Gasteiger partial charge in [0, 0.05) is 12.1 Å². The molecular formula is C12H11FIN3O3. The van der Waals surface area contributed by atoms with E-state index in [2.05, 4.69) is 10.3 Å². The Kier molecular flexibility index (Phi) is 4.21. The second-order valence-electron chi connectivity index (χ2n) is 4.22. The predicted octanol–water partition coefficient (Wildman–Crippen LogP) is 3.81. The van der Waals surface area contributed by atoms with Crippen molar-refractivity contribution in [1.29, 1.82) is 0 Å². The second kappa shape index (κ2) is 5.73. The summed E-state index contributed by atoms with van der Waals surface area (Å²) in [5.74, 6) is 0.502. The minimum Gasteiger partial charge on any atom is -0.444 e. The van der Waals surface area contributed by atoms with Crippen LogP contribution in [0.4, 0.5) is 15.8 Å². The van der Waals surface area contributed by atoms with Crippen molar-refractivity contribution in [2.45, 2.75) is 19.9 Å². The molecule has 0 fully saturated rings. The molecule has 1 aromatic carbocycles. The third-order valence-electron chi connectivity index (χ3n) is 2.62. The van der Waals surface area contributed by atoms with E-state index in [-0.39, 0.29) is 14.9 Å². The number of aryl methyl sites for hydroxylation is 1. The molecule has 106 valence electrons. The van der Waals surface area contributed by atoms with Gasteiger partial charge in [-0.1, -0.05) is 0 Å². The summed E-state index contributed by atoms with van der Waals surface area (Å²) >= 11 is 1.71. The largest absolute Gasteiger partial charge is 0.444 e. The van der Waals surface area contributed by atoms with Crippen LogP contribution < -0.4 is 5.32 Å². The van der Waals surface area contributed by atoms with Crippen molar-refractivity contribution in [3.63, 3.8) is 0 Å². The molecule has 1 N–H and O–H groups in total. The van der Waals surface area contributed by atoms with Gasteiger partial charge in [-0.3, -0.25) is 10.1 Å². The highest BCUT2D eigenvalue weighted by Crippen LogP contribution is 2.31. The minimum atomic E-state index is -0.558. The van der Waals surface area contributed by atoms with Gasteiger partial charge >= 0.3 is 0 Å². The third-order valence-corrected chi connectivity index (χ3v) is 3.44. The zero-order valence-electron chi connectivity index (χ0n) is 10.7. The molecule has 0 saturated heterocycles. The number of aromatic nitrogens is 1. The molecule has 2 aromatic rings. The lowest BCUT2D eigenvalue weighted by Gasteiger charge is -2.12. The quantitative estimate of drug-likeness (QED) is 0.487. The summed E-state index contributed by atoms with van der Waals surface area (Å²) in [5.41, 5.74) is -0.0952. The Morgan fingerprint density at radius 1 is 1.55 bits per heavy atom. The lowest BCUT2D eigenvalue weighted by Crippen LogP contribution is -2.09. The third kappa shape index (κ3) is 3.06. The van der Waals surface area contributed by atoms with Gasteiger partial charge in [-0.15, -0.1) is 0 Å². The van der Waals surface area contributed by atoms with Crippen LogP contribution in [0.1, 0.15) is 24.6 Å². The lowest BCUT2D eigenvalue weighted by molar-refractivity contribution is -0.384. The van der Waals surface area contributed by atoms with Gasteiger partial charge in [-0.25, -0.2) is 9.37 Å². The van der Waals surface area contributed by atoms with Gasteiger partial charge < -0.3 is 9.73 Å². The normalized spacial score (nSPS) is 12.2. The first-order valence-electron chi connectivity index (χ1n) is 5.70. The number of rotatable bonds is 4. The van der Waals surface area contributed by atoms with Gasteiger partial charge in [0.25, 0.3) is 5.69 Å². The maximum atomic E-state index is 13.6. The van der Waals surface area contributed by atoms with Crippen molar-refractivity contribution in [3.05, 3.63) is 49.5 Å². The van der Waals surface area contributed by atoms with Crippen LogP contribution in [0.5, 0.6) is 0 Å². The molecule has 0 spiro atoms. The fourth-order valence-electron chi connectivity index (χ4n) is 1.67. The Bertz CT molecular complexity index is 659. The van der Waals surface area contributed by atoms with Gasteiger partial charge in [0.05, 0.1) is 14.7 Å². The Morgan fingerprint density at radius 2 is 2.25 bits per heavy atom.